The maximum absolute atomic E-state index is 14.3. The molecule has 2 aliphatic carbocycles. The minimum Gasteiger partial charge on any atom is -0.449 e. The number of likely N-dealkylation sites (tertiary alicyclic amines) is 1. The topological polar surface area (TPSA) is 181 Å². The van der Waals surface area contributed by atoms with Gasteiger partial charge in [-0.3, -0.25) is 24.0 Å². The molecule has 5 atom stereocenters. The first-order valence-corrected chi connectivity index (χ1v) is 19.0. The maximum Gasteiger partial charge on any atom is 0.427 e. The minimum atomic E-state index is -4.94. The smallest absolute Gasteiger partial charge is 0.427 e. The summed E-state index contributed by atoms with van der Waals surface area (Å²) in [5.74, 6) is -4.53. The SMILES string of the molecule is C=CC1CC1(NC(=O)C1CC(COC(=O)N2Cc3cccc(F)c3C2)CN1C(=O)C(NC(=O)OC(C)(C)C(F)(F)F)C(C)(C)C)C(=O)NS(=O)(=O)C1CC1. The standard InChI is InChI=1S/C35H45F4N5O9S/c1-7-21-14-34(21,29(47)42-54(50,51)22-11-12-22)41-27(45)25-13-19(18-52-31(49)43-16-20-9-8-10-24(36)23(20)17-43)15-44(25)28(46)26(32(2,3)4)40-30(48)53-33(5,6)35(37,38)39/h7-10,19,21-22,25-26H,1,11-18H2,2-6H3,(H,40,48)(H,41,45)(H,42,47). The molecule has 14 nitrogen and oxygen atoms in total. The third-order valence-electron chi connectivity index (χ3n) is 10.3. The van der Waals surface area contributed by atoms with E-state index in [1.807, 2.05) is 4.72 Å². The highest BCUT2D eigenvalue weighted by Gasteiger charge is 2.62. The van der Waals surface area contributed by atoms with E-state index in [2.05, 4.69) is 21.9 Å². The predicted octanol–water partition coefficient (Wildman–Crippen LogP) is 3.65. The van der Waals surface area contributed by atoms with Crippen LogP contribution in [0.15, 0.2) is 30.9 Å². The summed E-state index contributed by atoms with van der Waals surface area (Å²) in [6.45, 7) is 9.08. The molecular formula is C35H45F4N5O9S. The van der Waals surface area contributed by atoms with E-state index in [0.29, 0.717) is 37.8 Å². The van der Waals surface area contributed by atoms with Crippen molar-refractivity contribution in [1.82, 2.24) is 25.2 Å². The summed E-state index contributed by atoms with van der Waals surface area (Å²) in [5.41, 5.74) is -4.80. The molecule has 3 N–H and O–H groups in total. The van der Waals surface area contributed by atoms with E-state index in [1.54, 1.807) is 6.07 Å². The average molecular weight is 788 g/mol. The lowest BCUT2D eigenvalue weighted by Gasteiger charge is -2.36. The van der Waals surface area contributed by atoms with Gasteiger partial charge in [-0.25, -0.2) is 22.4 Å². The number of alkyl carbamates (subject to hydrolysis) is 1. The summed E-state index contributed by atoms with van der Waals surface area (Å²) in [6.07, 6.45) is -5.22. The summed E-state index contributed by atoms with van der Waals surface area (Å²) in [4.78, 5) is 69.9. The zero-order valence-electron chi connectivity index (χ0n) is 30.5. The quantitative estimate of drug-likeness (QED) is 0.223. The zero-order chi connectivity index (χ0) is 40.2. The van der Waals surface area contributed by atoms with E-state index in [9.17, 15) is 50.0 Å². The van der Waals surface area contributed by atoms with Gasteiger partial charge in [-0.05, 0) is 56.6 Å². The van der Waals surface area contributed by atoms with Crippen LogP contribution in [0.1, 0.15) is 71.4 Å². The van der Waals surface area contributed by atoms with E-state index in [0.717, 1.165) is 4.90 Å². The van der Waals surface area contributed by atoms with Crippen LogP contribution in [0.4, 0.5) is 27.2 Å². The fourth-order valence-corrected chi connectivity index (χ4v) is 7.96. The molecule has 1 saturated heterocycles. The van der Waals surface area contributed by atoms with Crippen LogP contribution in [0.3, 0.4) is 0 Å². The van der Waals surface area contributed by atoms with Gasteiger partial charge in [-0.2, -0.15) is 13.2 Å². The van der Waals surface area contributed by atoms with E-state index >= 15 is 0 Å². The normalized spacial score (nSPS) is 24.6. The minimum absolute atomic E-state index is 0.0157. The molecule has 2 saturated carbocycles. The number of carbonyl (C=O) groups is 5. The van der Waals surface area contributed by atoms with E-state index in [1.165, 1.54) is 43.9 Å². The molecule has 54 heavy (non-hydrogen) atoms. The third-order valence-corrected chi connectivity index (χ3v) is 12.1. The van der Waals surface area contributed by atoms with Crippen molar-refractivity contribution in [2.24, 2.45) is 17.3 Å². The predicted molar refractivity (Wildman–Crippen MR) is 183 cm³/mol. The molecule has 5 amide bonds. The summed E-state index contributed by atoms with van der Waals surface area (Å²) in [5, 5.41) is 4.11. The molecule has 0 aromatic heterocycles. The Hall–Kier alpha value is -4.42. The van der Waals surface area contributed by atoms with Crippen molar-refractivity contribution in [2.45, 2.75) is 108 Å². The van der Waals surface area contributed by atoms with Crippen LogP contribution < -0.4 is 15.4 Å². The highest BCUT2D eigenvalue weighted by atomic mass is 32.2. The van der Waals surface area contributed by atoms with Crippen molar-refractivity contribution in [2.75, 3.05) is 13.2 Å². The number of rotatable bonds is 11. The Morgan fingerprint density at radius 1 is 1.07 bits per heavy atom. The van der Waals surface area contributed by atoms with E-state index in [4.69, 9.17) is 4.74 Å². The highest BCUT2D eigenvalue weighted by Crippen LogP contribution is 2.46. The van der Waals surface area contributed by atoms with Crippen molar-refractivity contribution >= 4 is 39.9 Å². The van der Waals surface area contributed by atoms with Crippen LogP contribution in [0, 0.1) is 23.1 Å². The molecule has 0 spiro atoms. The van der Waals surface area contributed by atoms with Gasteiger partial charge < -0.3 is 25.0 Å². The number of sulfonamides is 1. The number of halogens is 4. The molecule has 19 heteroatoms. The second kappa shape index (κ2) is 14.3. The number of carbonyl (C=O) groups excluding carboxylic acids is 5. The van der Waals surface area contributed by atoms with Crippen molar-refractivity contribution in [3.8, 4) is 0 Å². The summed E-state index contributed by atoms with van der Waals surface area (Å²) >= 11 is 0. The van der Waals surface area contributed by atoms with E-state index in [-0.39, 0.29) is 39.1 Å². The van der Waals surface area contributed by atoms with Gasteiger partial charge in [-0.15, -0.1) is 6.58 Å². The molecule has 0 bridgehead atoms. The van der Waals surface area contributed by atoms with Crippen LogP contribution in [-0.2, 0) is 47.0 Å². The van der Waals surface area contributed by atoms with Crippen LogP contribution in [0.5, 0.6) is 0 Å². The summed E-state index contributed by atoms with van der Waals surface area (Å²) in [6, 6.07) is 1.58. The van der Waals surface area contributed by atoms with Crippen molar-refractivity contribution in [1.29, 1.82) is 0 Å². The van der Waals surface area contributed by atoms with Gasteiger partial charge in [0.25, 0.3) is 5.91 Å². The van der Waals surface area contributed by atoms with Crippen LogP contribution >= 0.6 is 0 Å². The molecule has 1 aromatic carbocycles. The fourth-order valence-electron chi connectivity index (χ4n) is 6.60. The molecule has 298 valence electrons. The number of nitrogens with one attached hydrogen (secondary N) is 3. The summed E-state index contributed by atoms with van der Waals surface area (Å²) < 4.78 is 92.3. The first-order chi connectivity index (χ1) is 24.9. The number of amides is 5. The lowest BCUT2D eigenvalue weighted by atomic mass is 9.85. The Kier molecular flexibility index (Phi) is 10.8. The molecular weight excluding hydrogens is 742 g/mol. The average Bonchev–Trinajstić information content (AvgIpc) is 3.95. The monoisotopic (exact) mass is 787 g/mol. The number of hydrogen-bond donors (Lipinski definition) is 3. The van der Waals surface area contributed by atoms with Crippen LogP contribution in [0.2, 0.25) is 0 Å². The molecule has 1 aromatic rings. The third kappa shape index (κ3) is 8.44. The van der Waals surface area contributed by atoms with Gasteiger partial charge in [0.2, 0.25) is 27.4 Å². The second-order valence-corrected chi connectivity index (χ2v) is 17.9. The number of ether oxygens (including phenoxy) is 2. The van der Waals surface area contributed by atoms with Crippen LogP contribution in [-0.4, -0.2) is 95.9 Å². The molecule has 5 rings (SSSR count). The van der Waals surface area contributed by atoms with Gasteiger partial charge in [0.1, 0.15) is 23.4 Å². The molecule has 2 aliphatic heterocycles. The highest BCUT2D eigenvalue weighted by molar-refractivity contribution is 7.91. The van der Waals surface area contributed by atoms with Gasteiger partial charge in [-0.1, -0.05) is 39.0 Å². The fraction of sp³-hybridized carbons (Fsp3) is 0.629. The molecule has 5 unspecified atom stereocenters. The Morgan fingerprint density at radius 3 is 2.30 bits per heavy atom. The lowest BCUT2D eigenvalue weighted by molar-refractivity contribution is -0.244. The Morgan fingerprint density at radius 2 is 1.74 bits per heavy atom. The van der Waals surface area contributed by atoms with E-state index < -0.39 is 97.6 Å². The van der Waals surface area contributed by atoms with Gasteiger partial charge >= 0.3 is 18.4 Å². The summed E-state index contributed by atoms with van der Waals surface area (Å²) in [7, 11) is -4.00. The lowest BCUT2D eigenvalue weighted by Crippen LogP contribution is -2.60. The number of alkyl halides is 3. The Balaban J connectivity index is 1.36. The number of nitrogens with zero attached hydrogens (tertiary/aromatic N) is 2. The largest absolute Gasteiger partial charge is 0.449 e. The Bertz CT molecular complexity index is 1830. The Labute approximate surface area is 310 Å². The number of fused-ring (bicyclic) bond motifs is 1. The number of hydrogen-bond acceptors (Lipinski definition) is 9. The van der Waals surface area contributed by atoms with Crippen molar-refractivity contribution in [3.63, 3.8) is 0 Å². The van der Waals surface area contributed by atoms with Gasteiger partial charge in [0.05, 0.1) is 18.4 Å². The van der Waals surface area contributed by atoms with Crippen LogP contribution in [0.25, 0.3) is 0 Å². The molecule has 0 radical (unpaired) electrons. The first-order valence-electron chi connectivity index (χ1n) is 17.5. The molecule has 4 aliphatic rings. The maximum atomic E-state index is 14.3. The molecule has 3 fully saturated rings. The molecule has 2 heterocycles. The van der Waals surface area contributed by atoms with Crippen molar-refractivity contribution < 1.29 is 59.4 Å². The van der Waals surface area contributed by atoms with Gasteiger partial charge in [0.15, 0.2) is 0 Å². The first kappa shape index (κ1) is 40.8. The number of benzene rings is 1. The second-order valence-electron chi connectivity index (χ2n) is 15.9. The van der Waals surface area contributed by atoms with Gasteiger partial charge in [0, 0.05) is 30.5 Å². The zero-order valence-corrected chi connectivity index (χ0v) is 31.4. The van der Waals surface area contributed by atoms with Crippen molar-refractivity contribution in [3.05, 3.63) is 47.8 Å².